The first kappa shape index (κ1) is 17.9. The van der Waals surface area contributed by atoms with Gasteiger partial charge in [0.25, 0.3) is 0 Å². The van der Waals surface area contributed by atoms with Gasteiger partial charge in [-0.2, -0.15) is 0 Å². The van der Waals surface area contributed by atoms with Crippen molar-refractivity contribution in [2.75, 3.05) is 0 Å². The number of amides is 1. The number of rotatable bonds is 4. The fraction of sp³-hybridized carbons (Fsp3) is 0.389. The van der Waals surface area contributed by atoms with Gasteiger partial charge >= 0.3 is 11.8 Å². The molecule has 2 aliphatic rings. The molecule has 2 saturated heterocycles. The molecule has 2 fully saturated rings. The number of carboxylic acid groups (broad SMARTS) is 1. The quantitative estimate of drug-likeness (QED) is 0.751. The Morgan fingerprint density at radius 1 is 1.30 bits per heavy atom. The molecule has 0 aliphatic carbocycles. The van der Waals surface area contributed by atoms with E-state index in [1.54, 1.807) is 38.1 Å². The molecular formula is C18H18N2O6S. The molecule has 8 nitrogen and oxygen atoms in total. The Hall–Kier alpha value is -2.52. The third-order valence-electron chi connectivity index (χ3n) is 5.44. The van der Waals surface area contributed by atoms with Crippen LogP contribution in [0.2, 0.25) is 0 Å². The second kappa shape index (κ2) is 6.00. The molecule has 1 aromatic carbocycles. The van der Waals surface area contributed by atoms with Gasteiger partial charge in [-0.15, -0.1) is 11.8 Å². The van der Waals surface area contributed by atoms with Gasteiger partial charge in [-0.25, -0.2) is 9.59 Å². The van der Waals surface area contributed by atoms with E-state index in [1.807, 2.05) is 6.07 Å². The summed E-state index contributed by atoms with van der Waals surface area (Å²) < 4.78 is 9.61. The third-order valence-corrected chi connectivity index (χ3v) is 7.29. The molecule has 1 aromatic heterocycles. The molecule has 3 heterocycles. The van der Waals surface area contributed by atoms with Crippen molar-refractivity contribution in [3.8, 4) is 11.3 Å². The van der Waals surface area contributed by atoms with Gasteiger partial charge in [0, 0.05) is 11.5 Å². The minimum atomic E-state index is -1.12. The molecule has 2 aromatic rings. The molecule has 142 valence electrons. The summed E-state index contributed by atoms with van der Waals surface area (Å²) >= 11 is 1.32. The summed E-state index contributed by atoms with van der Waals surface area (Å²) in [6.45, 7) is 3.52. The average Bonchev–Trinajstić information content (AvgIpc) is 3.18. The number of carbonyl (C=O) groups is 2. The fourth-order valence-electron chi connectivity index (χ4n) is 3.85. The van der Waals surface area contributed by atoms with Gasteiger partial charge < -0.3 is 24.6 Å². The van der Waals surface area contributed by atoms with Crippen LogP contribution in [0, 0.1) is 0 Å². The molecule has 0 spiro atoms. The molecule has 5 atom stereocenters. The summed E-state index contributed by atoms with van der Waals surface area (Å²) in [6.07, 6.45) is 0. The first-order valence-corrected chi connectivity index (χ1v) is 9.31. The van der Waals surface area contributed by atoms with E-state index in [4.69, 9.17) is 14.6 Å². The van der Waals surface area contributed by atoms with Gasteiger partial charge in [0.1, 0.15) is 17.5 Å². The van der Waals surface area contributed by atoms with Crippen LogP contribution in [0.3, 0.4) is 0 Å². The van der Waals surface area contributed by atoms with Crippen LogP contribution in [-0.4, -0.2) is 44.1 Å². The number of nitrogens with zero attached hydrogens (tertiary/aromatic N) is 1. The normalized spacial score (nSPS) is 30.7. The van der Waals surface area contributed by atoms with E-state index in [-0.39, 0.29) is 17.4 Å². The number of hydrogen-bond acceptors (Lipinski definition) is 7. The number of nitrogens with two attached hydrogens (primary N) is 1. The van der Waals surface area contributed by atoms with E-state index < -0.39 is 39.9 Å². The van der Waals surface area contributed by atoms with Crippen molar-refractivity contribution in [1.29, 1.82) is 0 Å². The second-order valence-electron chi connectivity index (χ2n) is 6.94. The molecule has 0 radical (unpaired) electrons. The van der Waals surface area contributed by atoms with Crippen molar-refractivity contribution in [2.24, 2.45) is 5.73 Å². The van der Waals surface area contributed by atoms with Crippen molar-refractivity contribution >= 4 is 23.6 Å². The Morgan fingerprint density at radius 3 is 2.59 bits per heavy atom. The van der Waals surface area contributed by atoms with Crippen molar-refractivity contribution in [1.82, 2.24) is 4.90 Å². The summed E-state index contributed by atoms with van der Waals surface area (Å²) in [5, 5.41) is 9.39. The number of hydrogen-bond donors (Lipinski definition) is 2. The molecule has 4 rings (SSSR count). The van der Waals surface area contributed by atoms with Crippen LogP contribution in [0.5, 0.6) is 0 Å². The average molecular weight is 390 g/mol. The SMILES string of the molecule is CC(c1oc(=O)oc1-c1ccccc1)C1(C)S[C@@H]2[C@H](N)C(=O)N2[C@H]1C(=O)O. The van der Waals surface area contributed by atoms with Gasteiger partial charge in [-0.1, -0.05) is 37.3 Å². The topological polar surface area (TPSA) is 127 Å². The molecule has 27 heavy (non-hydrogen) atoms. The van der Waals surface area contributed by atoms with Crippen LogP contribution in [0.4, 0.5) is 0 Å². The number of carbonyl (C=O) groups excluding carboxylic acids is 1. The summed E-state index contributed by atoms with van der Waals surface area (Å²) in [6, 6.07) is 7.16. The Balaban J connectivity index is 1.79. The minimum absolute atomic E-state index is 0.260. The first-order chi connectivity index (χ1) is 12.8. The van der Waals surface area contributed by atoms with Crippen LogP contribution in [0.1, 0.15) is 25.5 Å². The highest BCUT2D eigenvalue weighted by molar-refractivity contribution is 8.01. The molecule has 2 unspecified atom stereocenters. The van der Waals surface area contributed by atoms with Crippen LogP contribution >= 0.6 is 11.8 Å². The number of fused-ring (bicyclic) bond motifs is 1. The lowest BCUT2D eigenvalue weighted by Gasteiger charge is -2.41. The number of thioether (sulfide) groups is 1. The highest BCUT2D eigenvalue weighted by atomic mass is 32.2. The molecule has 0 bridgehead atoms. The number of β-lactam (4-membered cyclic amide) rings is 1. The molecule has 9 heteroatoms. The van der Waals surface area contributed by atoms with Crippen LogP contribution in [0.25, 0.3) is 11.3 Å². The van der Waals surface area contributed by atoms with Crippen LogP contribution in [0.15, 0.2) is 44.0 Å². The van der Waals surface area contributed by atoms with E-state index in [1.165, 1.54) is 16.7 Å². The van der Waals surface area contributed by atoms with Crippen LogP contribution < -0.4 is 11.6 Å². The fourth-order valence-corrected chi connectivity index (χ4v) is 5.62. The van der Waals surface area contributed by atoms with Crippen molar-refractivity contribution < 1.29 is 23.5 Å². The number of carboxylic acids is 1. The van der Waals surface area contributed by atoms with E-state index in [0.717, 1.165) is 0 Å². The van der Waals surface area contributed by atoms with Crippen LogP contribution in [-0.2, 0) is 9.59 Å². The summed E-state index contributed by atoms with van der Waals surface area (Å²) in [7, 11) is 0. The molecule has 0 saturated carbocycles. The smallest absolute Gasteiger partial charge is 0.480 e. The third kappa shape index (κ3) is 2.45. The van der Waals surface area contributed by atoms with Gasteiger partial charge in [0.05, 0.1) is 4.75 Å². The Morgan fingerprint density at radius 2 is 1.96 bits per heavy atom. The van der Waals surface area contributed by atoms with E-state index >= 15 is 0 Å². The van der Waals surface area contributed by atoms with Crippen molar-refractivity contribution in [3.63, 3.8) is 0 Å². The minimum Gasteiger partial charge on any atom is -0.480 e. The Bertz CT molecular complexity index is 970. The standard InChI is InChI=1S/C18H18N2O6S/c1-8(11-12(26-17(24)25-11)9-6-4-3-5-7-9)18(2)13(16(22)23)20-14(21)10(19)15(20)27-18/h3-8,10,13,15H,19H2,1-2H3,(H,22,23)/t8?,10-,13+,15-,18?/m1/s1. The monoisotopic (exact) mass is 390 g/mol. The highest BCUT2D eigenvalue weighted by Gasteiger charge is 2.66. The van der Waals surface area contributed by atoms with E-state index in [0.29, 0.717) is 5.56 Å². The van der Waals surface area contributed by atoms with Gasteiger partial charge in [-0.3, -0.25) is 4.79 Å². The predicted octanol–water partition coefficient (Wildman–Crippen LogP) is 1.46. The Kier molecular flexibility index (Phi) is 3.97. The summed E-state index contributed by atoms with van der Waals surface area (Å²) in [5.74, 6) is -2.36. The largest absolute Gasteiger partial charge is 0.519 e. The van der Waals surface area contributed by atoms with Crippen molar-refractivity contribution in [3.05, 3.63) is 46.7 Å². The zero-order valence-corrected chi connectivity index (χ0v) is 15.4. The lowest BCUT2D eigenvalue weighted by molar-refractivity contribution is -0.159. The Labute approximate surface area is 158 Å². The van der Waals surface area contributed by atoms with Gasteiger partial charge in [0.2, 0.25) is 5.91 Å². The first-order valence-electron chi connectivity index (χ1n) is 8.43. The molecule has 2 aliphatic heterocycles. The lowest BCUT2D eigenvalue weighted by atomic mass is 9.83. The number of aliphatic carboxylic acids is 1. The molecule has 3 N–H and O–H groups in total. The molecule has 1 amide bonds. The van der Waals surface area contributed by atoms with E-state index in [2.05, 4.69) is 0 Å². The lowest BCUT2D eigenvalue weighted by Crippen LogP contribution is -2.69. The maximum Gasteiger partial charge on any atom is 0.519 e. The summed E-state index contributed by atoms with van der Waals surface area (Å²) in [4.78, 5) is 37.3. The number of benzene rings is 1. The summed E-state index contributed by atoms with van der Waals surface area (Å²) in [5.41, 5.74) is 6.51. The highest BCUT2D eigenvalue weighted by Crippen LogP contribution is 2.56. The maximum atomic E-state index is 12.1. The van der Waals surface area contributed by atoms with Crippen molar-refractivity contribution in [2.45, 2.75) is 42.0 Å². The van der Waals surface area contributed by atoms with Gasteiger partial charge in [-0.05, 0) is 6.92 Å². The predicted molar refractivity (Wildman–Crippen MR) is 97.1 cm³/mol. The van der Waals surface area contributed by atoms with Gasteiger partial charge in [0.15, 0.2) is 11.5 Å². The van der Waals surface area contributed by atoms with E-state index in [9.17, 15) is 19.5 Å². The molecular weight excluding hydrogens is 372 g/mol. The second-order valence-corrected chi connectivity index (χ2v) is 8.54. The zero-order valence-electron chi connectivity index (χ0n) is 14.6. The maximum absolute atomic E-state index is 12.1. The zero-order chi connectivity index (χ0) is 19.5.